The summed E-state index contributed by atoms with van der Waals surface area (Å²) in [4.78, 5) is 27.7. The van der Waals surface area contributed by atoms with Crippen LogP contribution in [-0.4, -0.2) is 16.8 Å². The van der Waals surface area contributed by atoms with E-state index in [0.29, 0.717) is 6.54 Å². The standard InChI is InChI=1S/C18H17BrN2O2S/c1-18(13-6-5-11-3-2-4-12(11)9-13)16(22)21(17(23)20-18)10-14-7-8-15(19)24-14/h5-9H,2-4,10H2,1H3,(H,20,23). The van der Waals surface area contributed by atoms with E-state index in [1.807, 2.05) is 18.2 Å². The van der Waals surface area contributed by atoms with Crippen LogP contribution in [0.25, 0.3) is 0 Å². The Balaban J connectivity index is 1.64. The highest BCUT2D eigenvalue weighted by atomic mass is 79.9. The van der Waals surface area contributed by atoms with Gasteiger partial charge in [0.25, 0.3) is 5.91 Å². The molecule has 124 valence electrons. The first kappa shape index (κ1) is 15.8. The van der Waals surface area contributed by atoms with Crippen LogP contribution in [0.4, 0.5) is 4.79 Å². The summed E-state index contributed by atoms with van der Waals surface area (Å²) >= 11 is 4.95. The zero-order chi connectivity index (χ0) is 16.9. The smallest absolute Gasteiger partial charge is 0.319 e. The van der Waals surface area contributed by atoms with Crippen molar-refractivity contribution in [3.63, 3.8) is 0 Å². The van der Waals surface area contributed by atoms with Gasteiger partial charge in [-0.15, -0.1) is 11.3 Å². The first-order valence-electron chi connectivity index (χ1n) is 7.98. The minimum Gasteiger partial charge on any atom is -0.319 e. The quantitative estimate of drug-likeness (QED) is 0.786. The molecule has 1 aliphatic heterocycles. The fourth-order valence-corrected chi connectivity index (χ4v) is 4.98. The van der Waals surface area contributed by atoms with E-state index in [2.05, 4.69) is 33.4 Å². The number of amides is 3. The van der Waals surface area contributed by atoms with Crippen molar-refractivity contribution in [1.82, 2.24) is 10.2 Å². The molecule has 0 spiro atoms. The van der Waals surface area contributed by atoms with E-state index < -0.39 is 5.54 Å². The van der Waals surface area contributed by atoms with E-state index in [0.717, 1.165) is 33.5 Å². The lowest BCUT2D eigenvalue weighted by atomic mass is 9.89. The summed E-state index contributed by atoms with van der Waals surface area (Å²) in [6.45, 7) is 2.11. The number of hydrogen-bond acceptors (Lipinski definition) is 3. The minimum absolute atomic E-state index is 0.185. The second kappa shape index (κ2) is 5.70. The van der Waals surface area contributed by atoms with Gasteiger partial charge in [-0.2, -0.15) is 0 Å². The van der Waals surface area contributed by atoms with Gasteiger partial charge in [0.1, 0.15) is 5.54 Å². The lowest BCUT2D eigenvalue weighted by Crippen LogP contribution is -2.40. The predicted molar refractivity (Wildman–Crippen MR) is 96.9 cm³/mol. The SMILES string of the molecule is CC1(c2ccc3c(c2)CCC3)NC(=O)N(Cc2ccc(Br)s2)C1=O. The van der Waals surface area contributed by atoms with Crippen LogP contribution in [0.15, 0.2) is 34.1 Å². The summed E-state index contributed by atoms with van der Waals surface area (Å²) in [5.41, 5.74) is 2.55. The highest BCUT2D eigenvalue weighted by molar-refractivity contribution is 9.11. The molecule has 4 rings (SSSR count). The number of benzene rings is 1. The molecular formula is C18H17BrN2O2S. The maximum Gasteiger partial charge on any atom is 0.325 e. The third-order valence-corrected chi connectivity index (χ3v) is 6.50. The second-order valence-electron chi connectivity index (χ2n) is 6.49. The van der Waals surface area contributed by atoms with Gasteiger partial charge in [-0.05, 0) is 70.9 Å². The number of hydrogen-bond donors (Lipinski definition) is 1. The van der Waals surface area contributed by atoms with Crippen LogP contribution >= 0.6 is 27.3 Å². The molecule has 24 heavy (non-hydrogen) atoms. The summed E-state index contributed by atoms with van der Waals surface area (Å²) in [6, 6.07) is 9.70. The fraction of sp³-hybridized carbons (Fsp3) is 0.333. The summed E-state index contributed by atoms with van der Waals surface area (Å²) in [7, 11) is 0. The average molecular weight is 405 g/mol. The number of urea groups is 1. The number of nitrogens with one attached hydrogen (secondary N) is 1. The normalized spacial score (nSPS) is 22.8. The molecule has 0 bridgehead atoms. The highest BCUT2D eigenvalue weighted by Crippen LogP contribution is 2.34. The molecule has 0 saturated carbocycles. The number of nitrogens with zero attached hydrogens (tertiary/aromatic N) is 1. The van der Waals surface area contributed by atoms with Gasteiger partial charge in [-0.25, -0.2) is 4.79 Å². The molecule has 3 amide bonds. The largest absolute Gasteiger partial charge is 0.325 e. The Morgan fingerprint density at radius 3 is 2.75 bits per heavy atom. The van der Waals surface area contributed by atoms with Crippen molar-refractivity contribution >= 4 is 39.2 Å². The maximum atomic E-state index is 13.0. The second-order valence-corrected chi connectivity index (χ2v) is 9.04. The first-order valence-corrected chi connectivity index (χ1v) is 9.59. The van der Waals surface area contributed by atoms with Gasteiger partial charge < -0.3 is 5.32 Å². The molecule has 2 aromatic rings. The lowest BCUT2D eigenvalue weighted by molar-refractivity contribution is -0.131. The van der Waals surface area contributed by atoms with Crippen LogP contribution in [0.3, 0.4) is 0 Å². The number of carbonyl (C=O) groups excluding carboxylic acids is 2. The molecule has 1 fully saturated rings. The van der Waals surface area contributed by atoms with Gasteiger partial charge >= 0.3 is 6.03 Å². The Bertz CT molecular complexity index is 847. The van der Waals surface area contributed by atoms with E-state index in [1.54, 1.807) is 6.92 Å². The topological polar surface area (TPSA) is 49.4 Å². The van der Waals surface area contributed by atoms with Gasteiger partial charge in [-0.3, -0.25) is 9.69 Å². The third-order valence-electron chi connectivity index (χ3n) is 4.89. The van der Waals surface area contributed by atoms with Gasteiger partial charge in [0.05, 0.1) is 10.3 Å². The van der Waals surface area contributed by atoms with Crippen molar-refractivity contribution in [2.24, 2.45) is 0 Å². The van der Waals surface area contributed by atoms with Crippen LogP contribution in [0.5, 0.6) is 0 Å². The van der Waals surface area contributed by atoms with Crippen molar-refractivity contribution in [2.75, 3.05) is 0 Å². The van der Waals surface area contributed by atoms with Crippen molar-refractivity contribution in [3.8, 4) is 0 Å². The molecule has 2 aliphatic rings. The Morgan fingerprint density at radius 2 is 2.00 bits per heavy atom. The maximum absolute atomic E-state index is 13.0. The summed E-state index contributed by atoms with van der Waals surface area (Å²) in [6.07, 6.45) is 3.32. The Kier molecular flexibility index (Phi) is 3.77. The molecule has 2 heterocycles. The van der Waals surface area contributed by atoms with Crippen LogP contribution in [0, 0.1) is 0 Å². The number of fused-ring (bicyclic) bond motifs is 1. The molecule has 1 N–H and O–H groups in total. The van der Waals surface area contributed by atoms with Gasteiger partial charge in [-0.1, -0.05) is 18.2 Å². The monoisotopic (exact) mass is 404 g/mol. The molecule has 1 aromatic carbocycles. The fourth-order valence-electron chi connectivity index (χ4n) is 3.51. The van der Waals surface area contributed by atoms with Crippen molar-refractivity contribution in [2.45, 2.75) is 38.3 Å². The first-order chi connectivity index (χ1) is 11.5. The summed E-state index contributed by atoms with van der Waals surface area (Å²) < 4.78 is 0.992. The van der Waals surface area contributed by atoms with Gasteiger partial charge in [0.2, 0.25) is 0 Å². The molecule has 6 heteroatoms. The van der Waals surface area contributed by atoms with E-state index in [4.69, 9.17) is 0 Å². The molecule has 1 atom stereocenters. The minimum atomic E-state index is -0.983. The van der Waals surface area contributed by atoms with E-state index >= 15 is 0 Å². The Morgan fingerprint density at radius 1 is 1.21 bits per heavy atom. The Labute approximate surface area is 153 Å². The van der Waals surface area contributed by atoms with Gasteiger partial charge in [0, 0.05) is 4.88 Å². The van der Waals surface area contributed by atoms with E-state index in [1.165, 1.54) is 27.4 Å². The Hall–Kier alpha value is -1.66. The summed E-state index contributed by atoms with van der Waals surface area (Å²) in [5, 5.41) is 2.90. The number of imide groups is 1. The van der Waals surface area contributed by atoms with Crippen LogP contribution in [-0.2, 0) is 29.7 Å². The molecule has 1 unspecified atom stereocenters. The van der Waals surface area contributed by atoms with Crippen molar-refractivity contribution < 1.29 is 9.59 Å². The molecule has 0 radical (unpaired) electrons. The number of halogens is 1. The lowest BCUT2D eigenvalue weighted by Gasteiger charge is -2.23. The molecular weight excluding hydrogens is 388 g/mol. The number of carbonyl (C=O) groups is 2. The molecule has 1 aromatic heterocycles. The molecule has 1 aliphatic carbocycles. The zero-order valence-electron chi connectivity index (χ0n) is 13.3. The van der Waals surface area contributed by atoms with Crippen molar-refractivity contribution in [1.29, 1.82) is 0 Å². The molecule has 1 saturated heterocycles. The summed E-state index contributed by atoms with van der Waals surface area (Å²) in [5.74, 6) is -0.185. The van der Waals surface area contributed by atoms with Crippen LogP contribution in [0.2, 0.25) is 0 Å². The third kappa shape index (κ3) is 2.48. The van der Waals surface area contributed by atoms with E-state index in [-0.39, 0.29) is 11.9 Å². The highest BCUT2D eigenvalue weighted by Gasteiger charge is 2.49. The van der Waals surface area contributed by atoms with Crippen LogP contribution in [0.1, 0.15) is 34.9 Å². The van der Waals surface area contributed by atoms with Crippen molar-refractivity contribution in [3.05, 3.63) is 55.7 Å². The number of rotatable bonds is 3. The zero-order valence-corrected chi connectivity index (χ0v) is 15.7. The number of aryl methyl sites for hydroxylation is 2. The van der Waals surface area contributed by atoms with Crippen LogP contribution < -0.4 is 5.32 Å². The average Bonchev–Trinajstić information content (AvgIpc) is 3.23. The predicted octanol–water partition coefficient (Wildman–Crippen LogP) is 3.97. The van der Waals surface area contributed by atoms with Gasteiger partial charge in [0.15, 0.2) is 0 Å². The van der Waals surface area contributed by atoms with E-state index in [9.17, 15) is 9.59 Å². The molecule has 4 nitrogen and oxygen atoms in total. The number of thiophene rings is 1.